The highest BCUT2D eigenvalue weighted by molar-refractivity contribution is 7.89. The summed E-state index contributed by atoms with van der Waals surface area (Å²) in [6.07, 6.45) is 2.08. The molecule has 156 valence electrons. The van der Waals surface area contributed by atoms with Gasteiger partial charge in [-0.1, -0.05) is 17.7 Å². The first kappa shape index (κ1) is 21.5. The van der Waals surface area contributed by atoms with E-state index in [4.69, 9.17) is 16.3 Å². The molecule has 2 aromatic carbocycles. The summed E-state index contributed by atoms with van der Waals surface area (Å²) in [5.74, 6) is -0.654. The number of hydrogen-bond acceptors (Lipinski definition) is 4. The summed E-state index contributed by atoms with van der Waals surface area (Å²) in [6.45, 7) is 0.932. The van der Waals surface area contributed by atoms with E-state index in [9.17, 15) is 17.6 Å². The van der Waals surface area contributed by atoms with E-state index in [0.29, 0.717) is 30.8 Å². The lowest BCUT2D eigenvalue weighted by atomic mass is 10.1. The highest BCUT2D eigenvalue weighted by Gasteiger charge is 2.29. The van der Waals surface area contributed by atoms with Crippen LogP contribution in [0.3, 0.4) is 0 Å². The highest BCUT2D eigenvalue weighted by Crippen LogP contribution is 2.29. The Labute approximate surface area is 174 Å². The first-order valence-corrected chi connectivity index (χ1v) is 11.0. The minimum Gasteiger partial charge on any atom is -0.494 e. The Morgan fingerprint density at radius 1 is 1.21 bits per heavy atom. The second-order valence-electron chi connectivity index (χ2n) is 6.77. The summed E-state index contributed by atoms with van der Waals surface area (Å²) in [7, 11) is -2.31. The van der Waals surface area contributed by atoms with E-state index in [2.05, 4.69) is 5.32 Å². The predicted molar refractivity (Wildman–Crippen MR) is 109 cm³/mol. The Balaban J connectivity index is 1.67. The lowest BCUT2D eigenvalue weighted by molar-refractivity contribution is -0.116. The van der Waals surface area contributed by atoms with Crippen molar-refractivity contribution in [2.24, 2.45) is 0 Å². The molecule has 1 heterocycles. The van der Waals surface area contributed by atoms with Crippen molar-refractivity contribution in [3.8, 4) is 5.75 Å². The standard InChI is InChI=1S/C20H22ClFN2O4S/c1-28-18-8-4-14(12-17(18)22)5-9-20(25)23-15-6-7-16(21)19(13-15)29(26,27)24-10-2-3-11-24/h4,6-8,12-13H,2-3,5,9-11H2,1H3,(H,23,25). The van der Waals surface area contributed by atoms with Crippen molar-refractivity contribution >= 4 is 33.2 Å². The monoisotopic (exact) mass is 440 g/mol. The molecule has 0 saturated carbocycles. The normalized spacial score (nSPS) is 14.7. The van der Waals surface area contributed by atoms with Gasteiger partial charge in [-0.2, -0.15) is 4.31 Å². The fourth-order valence-corrected chi connectivity index (χ4v) is 5.21. The second kappa shape index (κ2) is 9.11. The van der Waals surface area contributed by atoms with Crippen LogP contribution in [0.25, 0.3) is 0 Å². The molecule has 0 aliphatic carbocycles. The van der Waals surface area contributed by atoms with Crippen LogP contribution >= 0.6 is 11.6 Å². The molecule has 6 nitrogen and oxygen atoms in total. The van der Waals surface area contributed by atoms with Crippen LogP contribution in [0.4, 0.5) is 10.1 Å². The van der Waals surface area contributed by atoms with Gasteiger partial charge in [-0.25, -0.2) is 12.8 Å². The van der Waals surface area contributed by atoms with Gasteiger partial charge in [0.05, 0.1) is 12.1 Å². The summed E-state index contributed by atoms with van der Waals surface area (Å²) in [5, 5.41) is 2.80. The molecular weight excluding hydrogens is 419 g/mol. The van der Waals surface area contributed by atoms with E-state index in [0.717, 1.165) is 12.8 Å². The van der Waals surface area contributed by atoms with Crippen molar-refractivity contribution in [1.29, 1.82) is 0 Å². The third kappa shape index (κ3) is 5.07. The molecule has 0 radical (unpaired) electrons. The fraction of sp³-hybridized carbons (Fsp3) is 0.350. The van der Waals surface area contributed by atoms with Gasteiger partial charge in [-0.05, 0) is 55.2 Å². The highest BCUT2D eigenvalue weighted by atomic mass is 35.5. The molecule has 0 unspecified atom stereocenters. The number of ether oxygens (including phenoxy) is 1. The van der Waals surface area contributed by atoms with Crippen molar-refractivity contribution in [3.63, 3.8) is 0 Å². The van der Waals surface area contributed by atoms with Gasteiger partial charge in [0.25, 0.3) is 0 Å². The number of carbonyl (C=O) groups is 1. The topological polar surface area (TPSA) is 75.7 Å². The fourth-order valence-electron chi connectivity index (χ4n) is 3.19. The molecule has 29 heavy (non-hydrogen) atoms. The second-order valence-corrected chi connectivity index (χ2v) is 9.09. The average Bonchev–Trinajstić information content (AvgIpc) is 3.23. The molecule has 0 atom stereocenters. The van der Waals surface area contributed by atoms with E-state index in [1.54, 1.807) is 12.1 Å². The van der Waals surface area contributed by atoms with Crippen LogP contribution in [0.5, 0.6) is 5.75 Å². The smallest absolute Gasteiger partial charge is 0.244 e. The number of hydrogen-bond donors (Lipinski definition) is 1. The number of carbonyl (C=O) groups excluding carboxylic acids is 1. The number of amides is 1. The van der Waals surface area contributed by atoms with Crippen LogP contribution < -0.4 is 10.1 Å². The lowest BCUT2D eigenvalue weighted by Gasteiger charge is -2.17. The van der Waals surface area contributed by atoms with E-state index >= 15 is 0 Å². The first-order valence-electron chi connectivity index (χ1n) is 9.23. The van der Waals surface area contributed by atoms with Gasteiger partial charge in [0.1, 0.15) is 4.90 Å². The number of sulfonamides is 1. The molecule has 9 heteroatoms. The van der Waals surface area contributed by atoms with Gasteiger partial charge in [-0.15, -0.1) is 0 Å². The number of methoxy groups -OCH3 is 1. The van der Waals surface area contributed by atoms with Gasteiger partial charge in [0.15, 0.2) is 11.6 Å². The number of halogens is 2. The zero-order valence-electron chi connectivity index (χ0n) is 16.0. The maximum absolute atomic E-state index is 13.7. The largest absolute Gasteiger partial charge is 0.494 e. The number of aryl methyl sites for hydroxylation is 1. The average molecular weight is 441 g/mol. The Hall–Kier alpha value is -2.16. The summed E-state index contributed by atoms with van der Waals surface area (Å²) in [6, 6.07) is 8.92. The Morgan fingerprint density at radius 2 is 1.93 bits per heavy atom. The van der Waals surface area contributed by atoms with Crippen molar-refractivity contribution in [2.45, 2.75) is 30.6 Å². The SMILES string of the molecule is COc1ccc(CCC(=O)Nc2ccc(Cl)c(S(=O)(=O)N3CCCC3)c2)cc1F. The number of nitrogens with one attached hydrogen (secondary N) is 1. The Bertz CT molecular complexity index is 1010. The summed E-state index contributed by atoms with van der Waals surface area (Å²) in [4.78, 5) is 12.3. The molecule has 1 saturated heterocycles. The molecule has 1 N–H and O–H groups in total. The quantitative estimate of drug-likeness (QED) is 0.709. The molecule has 0 aromatic heterocycles. The third-order valence-corrected chi connectivity index (χ3v) is 7.13. The maximum Gasteiger partial charge on any atom is 0.244 e. The molecule has 2 aromatic rings. The number of anilines is 1. The van der Waals surface area contributed by atoms with E-state index < -0.39 is 15.8 Å². The van der Waals surface area contributed by atoms with Crippen molar-refractivity contribution in [2.75, 3.05) is 25.5 Å². The Kier molecular flexibility index (Phi) is 6.77. The molecule has 0 bridgehead atoms. The number of benzene rings is 2. The maximum atomic E-state index is 13.7. The number of rotatable bonds is 7. The van der Waals surface area contributed by atoms with Crippen LogP contribution in [-0.2, 0) is 21.2 Å². The minimum atomic E-state index is -3.70. The van der Waals surface area contributed by atoms with Gasteiger partial charge < -0.3 is 10.1 Å². The van der Waals surface area contributed by atoms with Crippen molar-refractivity contribution < 1.29 is 22.3 Å². The third-order valence-electron chi connectivity index (χ3n) is 4.75. The number of nitrogens with zero attached hydrogens (tertiary/aromatic N) is 1. The summed E-state index contributed by atoms with van der Waals surface area (Å²) in [5.41, 5.74) is 1.00. The zero-order chi connectivity index (χ0) is 21.0. The minimum absolute atomic E-state index is 0.0175. The van der Waals surface area contributed by atoms with E-state index in [-0.39, 0.29) is 28.0 Å². The molecular formula is C20H22ClFN2O4S. The van der Waals surface area contributed by atoms with Crippen LogP contribution in [0.1, 0.15) is 24.8 Å². The first-order chi connectivity index (χ1) is 13.8. The van der Waals surface area contributed by atoms with Crippen LogP contribution in [0, 0.1) is 5.82 Å². The van der Waals surface area contributed by atoms with Crippen LogP contribution in [0.2, 0.25) is 5.02 Å². The lowest BCUT2D eigenvalue weighted by Crippen LogP contribution is -2.28. The molecule has 1 amide bonds. The predicted octanol–water partition coefficient (Wildman–Crippen LogP) is 3.84. The molecule has 1 aliphatic heterocycles. The van der Waals surface area contributed by atoms with Crippen molar-refractivity contribution in [3.05, 3.63) is 52.8 Å². The van der Waals surface area contributed by atoms with Crippen LogP contribution in [0.15, 0.2) is 41.3 Å². The van der Waals surface area contributed by atoms with E-state index in [1.165, 1.54) is 35.7 Å². The summed E-state index contributed by atoms with van der Waals surface area (Å²) < 4.78 is 45.6. The van der Waals surface area contributed by atoms with Gasteiger partial charge >= 0.3 is 0 Å². The molecule has 1 fully saturated rings. The molecule has 3 rings (SSSR count). The van der Waals surface area contributed by atoms with Gasteiger partial charge in [-0.3, -0.25) is 4.79 Å². The van der Waals surface area contributed by atoms with E-state index in [1.807, 2.05) is 0 Å². The Morgan fingerprint density at radius 3 is 2.59 bits per heavy atom. The van der Waals surface area contributed by atoms with Gasteiger partial charge in [0.2, 0.25) is 15.9 Å². The zero-order valence-corrected chi connectivity index (χ0v) is 17.5. The molecule has 1 aliphatic rings. The van der Waals surface area contributed by atoms with Crippen LogP contribution in [-0.4, -0.2) is 38.8 Å². The summed E-state index contributed by atoms with van der Waals surface area (Å²) >= 11 is 6.11. The van der Waals surface area contributed by atoms with Crippen molar-refractivity contribution in [1.82, 2.24) is 4.31 Å². The molecule has 0 spiro atoms. The van der Waals surface area contributed by atoms with Gasteiger partial charge in [0, 0.05) is 25.2 Å².